The second kappa shape index (κ2) is 3.80. The number of rotatable bonds is 1. The van der Waals surface area contributed by atoms with Gasteiger partial charge in [0.2, 0.25) is 5.91 Å². The van der Waals surface area contributed by atoms with Crippen molar-refractivity contribution in [1.29, 1.82) is 0 Å². The molecule has 1 amide bonds. The quantitative estimate of drug-likeness (QED) is 0.641. The molecule has 0 aromatic heterocycles. The van der Waals surface area contributed by atoms with E-state index in [1.54, 1.807) is 45.0 Å². The summed E-state index contributed by atoms with van der Waals surface area (Å²) in [5, 5.41) is 12.0. The molecule has 14 heavy (non-hydrogen) atoms. The molecular weight excluding hydrogens is 178 g/mol. The van der Waals surface area contributed by atoms with Gasteiger partial charge < -0.3 is 10.3 Å². The van der Waals surface area contributed by atoms with Crippen LogP contribution in [0.25, 0.3) is 0 Å². The SMILES string of the molecule is CC(C)(C)N([O-])C(=O)c1ccccc1. The van der Waals surface area contributed by atoms with E-state index in [1.165, 1.54) is 0 Å². The van der Waals surface area contributed by atoms with Crippen LogP contribution in [-0.4, -0.2) is 16.5 Å². The van der Waals surface area contributed by atoms with Crippen molar-refractivity contribution in [2.24, 2.45) is 0 Å². The molecule has 1 rings (SSSR count). The lowest BCUT2D eigenvalue weighted by molar-refractivity contribution is 0.0705. The lowest BCUT2D eigenvalue weighted by Gasteiger charge is -2.41. The highest BCUT2D eigenvalue weighted by atomic mass is 16.5. The van der Waals surface area contributed by atoms with Gasteiger partial charge in [0.1, 0.15) is 0 Å². The number of amides is 1. The Hall–Kier alpha value is -1.35. The van der Waals surface area contributed by atoms with E-state index in [0.29, 0.717) is 10.6 Å². The second-order valence-corrected chi connectivity index (χ2v) is 4.14. The van der Waals surface area contributed by atoms with Gasteiger partial charge in [-0.2, -0.15) is 0 Å². The Morgan fingerprint density at radius 1 is 1.21 bits per heavy atom. The van der Waals surface area contributed by atoms with E-state index < -0.39 is 11.4 Å². The molecule has 0 atom stereocenters. The Labute approximate surface area is 83.9 Å². The van der Waals surface area contributed by atoms with Gasteiger partial charge >= 0.3 is 0 Å². The largest absolute Gasteiger partial charge is 0.756 e. The average molecular weight is 192 g/mol. The summed E-state index contributed by atoms with van der Waals surface area (Å²) < 4.78 is 0. The number of carbonyl (C=O) groups excluding carboxylic acids is 1. The minimum atomic E-state index is -0.688. The molecule has 0 saturated heterocycles. The molecule has 3 heteroatoms. The first kappa shape index (κ1) is 10.7. The fourth-order valence-corrected chi connectivity index (χ4v) is 1.00. The van der Waals surface area contributed by atoms with Crippen molar-refractivity contribution >= 4 is 5.91 Å². The van der Waals surface area contributed by atoms with Gasteiger partial charge in [-0.25, -0.2) is 0 Å². The molecule has 0 unspecified atom stereocenters. The molecule has 3 nitrogen and oxygen atoms in total. The van der Waals surface area contributed by atoms with Gasteiger partial charge in [-0.1, -0.05) is 18.2 Å². The molecular formula is C11H14NO2-. The monoisotopic (exact) mass is 192 g/mol. The zero-order valence-electron chi connectivity index (χ0n) is 8.65. The minimum absolute atomic E-state index is 0.428. The lowest BCUT2D eigenvalue weighted by atomic mass is 10.1. The zero-order chi connectivity index (χ0) is 10.8. The van der Waals surface area contributed by atoms with E-state index in [0.717, 1.165) is 0 Å². The van der Waals surface area contributed by atoms with Crippen molar-refractivity contribution in [2.45, 2.75) is 26.3 Å². The van der Waals surface area contributed by atoms with Crippen molar-refractivity contribution < 1.29 is 4.79 Å². The maximum atomic E-state index is 11.6. The van der Waals surface area contributed by atoms with Crippen LogP contribution in [0, 0.1) is 5.21 Å². The van der Waals surface area contributed by atoms with E-state index in [2.05, 4.69) is 0 Å². The highest BCUT2D eigenvalue weighted by Gasteiger charge is 2.18. The highest BCUT2D eigenvalue weighted by Crippen LogP contribution is 2.15. The van der Waals surface area contributed by atoms with Gasteiger partial charge in [-0.05, 0) is 32.9 Å². The number of hydroxylamine groups is 2. The normalized spacial score (nSPS) is 11.1. The summed E-state index contributed by atoms with van der Waals surface area (Å²) in [6.45, 7) is 5.13. The van der Waals surface area contributed by atoms with Gasteiger partial charge in [0.05, 0.1) is 0 Å². The minimum Gasteiger partial charge on any atom is -0.756 e. The van der Waals surface area contributed by atoms with Gasteiger partial charge in [-0.3, -0.25) is 4.79 Å². The van der Waals surface area contributed by atoms with Gasteiger partial charge in [-0.15, -0.1) is 0 Å². The first-order valence-corrected chi connectivity index (χ1v) is 4.49. The van der Waals surface area contributed by atoms with Gasteiger partial charge in [0.15, 0.2) is 0 Å². The summed E-state index contributed by atoms with van der Waals surface area (Å²) in [5.74, 6) is -0.488. The summed E-state index contributed by atoms with van der Waals surface area (Å²) in [6.07, 6.45) is 0. The van der Waals surface area contributed by atoms with E-state index in [9.17, 15) is 10.0 Å². The molecule has 0 aliphatic carbocycles. The molecule has 0 spiro atoms. The summed E-state index contributed by atoms with van der Waals surface area (Å²) in [6, 6.07) is 8.56. The van der Waals surface area contributed by atoms with Crippen molar-refractivity contribution in [3.05, 3.63) is 41.1 Å². The van der Waals surface area contributed by atoms with Crippen LogP contribution in [0.15, 0.2) is 30.3 Å². The Morgan fingerprint density at radius 2 is 1.71 bits per heavy atom. The fourth-order valence-electron chi connectivity index (χ4n) is 1.00. The summed E-state index contributed by atoms with van der Waals surface area (Å²) >= 11 is 0. The molecule has 0 aliphatic heterocycles. The summed E-state index contributed by atoms with van der Waals surface area (Å²) in [5.41, 5.74) is -0.259. The van der Waals surface area contributed by atoms with Crippen LogP contribution in [0.2, 0.25) is 0 Å². The molecule has 0 saturated carbocycles. The number of nitrogens with zero attached hydrogens (tertiary/aromatic N) is 1. The Balaban J connectivity index is 2.87. The molecule has 0 fully saturated rings. The van der Waals surface area contributed by atoms with Crippen LogP contribution in [0.3, 0.4) is 0 Å². The fraction of sp³-hybridized carbons (Fsp3) is 0.364. The van der Waals surface area contributed by atoms with Crippen LogP contribution in [0.4, 0.5) is 0 Å². The summed E-state index contributed by atoms with van der Waals surface area (Å²) in [7, 11) is 0. The van der Waals surface area contributed by atoms with Crippen LogP contribution in [0.1, 0.15) is 31.1 Å². The number of hydrogen-bond acceptors (Lipinski definition) is 2. The maximum Gasteiger partial charge on any atom is 0.243 e. The molecule has 0 radical (unpaired) electrons. The third-order valence-electron chi connectivity index (χ3n) is 1.81. The van der Waals surface area contributed by atoms with E-state index in [1.807, 2.05) is 6.07 Å². The number of benzene rings is 1. The first-order valence-electron chi connectivity index (χ1n) is 4.49. The molecule has 0 N–H and O–H groups in total. The zero-order valence-corrected chi connectivity index (χ0v) is 8.65. The van der Waals surface area contributed by atoms with Crippen molar-refractivity contribution in [3.8, 4) is 0 Å². The van der Waals surface area contributed by atoms with E-state index >= 15 is 0 Å². The smallest absolute Gasteiger partial charge is 0.243 e. The van der Waals surface area contributed by atoms with Gasteiger partial charge in [0, 0.05) is 11.1 Å². The van der Waals surface area contributed by atoms with E-state index in [4.69, 9.17) is 0 Å². The first-order chi connectivity index (χ1) is 6.43. The molecule has 0 aliphatic rings. The number of hydrogen-bond donors (Lipinski definition) is 0. The van der Waals surface area contributed by atoms with Crippen molar-refractivity contribution in [2.75, 3.05) is 0 Å². The predicted molar refractivity (Wildman–Crippen MR) is 55.7 cm³/mol. The Bertz CT molecular complexity index is 314. The average Bonchev–Trinajstić information content (AvgIpc) is 2.15. The van der Waals surface area contributed by atoms with Crippen molar-refractivity contribution in [3.63, 3.8) is 0 Å². The molecule has 1 aromatic rings. The Morgan fingerprint density at radius 3 is 2.14 bits per heavy atom. The Kier molecular flexibility index (Phi) is 2.91. The standard InChI is InChI=1S/C11H14NO2/c1-11(2,3)12(14)10(13)9-7-5-4-6-8-9/h4-8H,1-3H3/q-1. The van der Waals surface area contributed by atoms with Crippen LogP contribution >= 0.6 is 0 Å². The molecule has 0 bridgehead atoms. The van der Waals surface area contributed by atoms with Crippen molar-refractivity contribution in [1.82, 2.24) is 5.06 Å². The molecule has 0 heterocycles. The number of carbonyl (C=O) groups is 1. The molecule has 1 aromatic carbocycles. The third kappa shape index (κ3) is 2.33. The second-order valence-electron chi connectivity index (χ2n) is 4.14. The highest BCUT2D eigenvalue weighted by molar-refractivity contribution is 5.94. The predicted octanol–water partition coefficient (Wildman–Crippen LogP) is 2.43. The topological polar surface area (TPSA) is 43.4 Å². The molecule has 76 valence electrons. The van der Waals surface area contributed by atoms with Crippen LogP contribution < -0.4 is 0 Å². The van der Waals surface area contributed by atoms with Crippen LogP contribution in [-0.2, 0) is 0 Å². The van der Waals surface area contributed by atoms with E-state index in [-0.39, 0.29) is 0 Å². The van der Waals surface area contributed by atoms with Crippen LogP contribution in [0.5, 0.6) is 0 Å². The third-order valence-corrected chi connectivity index (χ3v) is 1.81. The maximum absolute atomic E-state index is 11.6. The lowest BCUT2D eigenvalue weighted by Crippen LogP contribution is -2.41. The summed E-state index contributed by atoms with van der Waals surface area (Å²) in [4.78, 5) is 11.6. The van der Waals surface area contributed by atoms with Gasteiger partial charge in [0.25, 0.3) is 0 Å².